The van der Waals surface area contributed by atoms with Gasteiger partial charge in [0.25, 0.3) is 0 Å². The second-order valence-corrected chi connectivity index (χ2v) is 6.35. The predicted octanol–water partition coefficient (Wildman–Crippen LogP) is 6.02. The first-order chi connectivity index (χ1) is 13.6. The van der Waals surface area contributed by atoms with Gasteiger partial charge in [-0.15, -0.1) is 0 Å². The number of nitrogens with zero attached hydrogens (tertiary/aromatic N) is 1. The highest BCUT2D eigenvalue weighted by atomic mass is 35.5. The molecule has 0 aliphatic heterocycles. The van der Waals surface area contributed by atoms with Gasteiger partial charge < -0.3 is 4.74 Å². The van der Waals surface area contributed by atoms with E-state index in [0.717, 1.165) is 16.7 Å². The molecule has 0 fully saturated rings. The Hall–Kier alpha value is -3.61. The molecule has 0 atom stereocenters. The molecule has 3 nitrogen and oxygen atoms in total. The molecule has 0 N–H and O–H groups in total. The lowest BCUT2D eigenvalue weighted by atomic mass is 10.0. The van der Waals surface area contributed by atoms with Gasteiger partial charge in [-0.3, -0.25) is 0 Å². The molecule has 0 bridgehead atoms. The van der Waals surface area contributed by atoms with Crippen molar-refractivity contribution < 1.29 is 9.53 Å². The topological polar surface area (TPSA) is 50.1 Å². The second kappa shape index (κ2) is 9.36. The van der Waals surface area contributed by atoms with E-state index in [0.29, 0.717) is 16.3 Å². The van der Waals surface area contributed by atoms with E-state index in [2.05, 4.69) is 6.07 Å². The van der Waals surface area contributed by atoms with Crippen LogP contribution in [0.15, 0.2) is 84.9 Å². The van der Waals surface area contributed by atoms with Crippen LogP contribution in [0.1, 0.15) is 16.7 Å². The van der Waals surface area contributed by atoms with E-state index in [9.17, 15) is 10.1 Å². The van der Waals surface area contributed by atoms with Crippen LogP contribution in [0.3, 0.4) is 0 Å². The third kappa shape index (κ3) is 5.44. The molecule has 0 aliphatic rings. The van der Waals surface area contributed by atoms with Crippen LogP contribution in [0.5, 0.6) is 5.75 Å². The molecular formula is C24H16ClNO2. The zero-order valence-electron chi connectivity index (χ0n) is 14.9. The van der Waals surface area contributed by atoms with Gasteiger partial charge in [-0.2, -0.15) is 5.26 Å². The highest BCUT2D eigenvalue weighted by Gasteiger charge is 2.03. The van der Waals surface area contributed by atoms with Crippen LogP contribution in [-0.2, 0) is 4.79 Å². The smallest absolute Gasteiger partial charge is 0.336 e. The summed E-state index contributed by atoms with van der Waals surface area (Å²) in [5.74, 6) is -0.0404. The summed E-state index contributed by atoms with van der Waals surface area (Å²) in [4.78, 5) is 12.0. The molecule has 0 amide bonds. The molecule has 0 aromatic heterocycles. The molecule has 3 rings (SSSR count). The maximum atomic E-state index is 12.0. The molecule has 136 valence electrons. The summed E-state index contributed by atoms with van der Waals surface area (Å²) in [5, 5.41) is 10.0. The van der Waals surface area contributed by atoms with Crippen molar-refractivity contribution in [2.45, 2.75) is 0 Å². The van der Waals surface area contributed by atoms with Crippen molar-refractivity contribution in [3.63, 3.8) is 0 Å². The Morgan fingerprint density at radius 3 is 2.18 bits per heavy atom. The number of rotatable bonds is 5. The molecule has 0 saturated heterocycles. The SMILES string of the molecule is N#C/C(=C/c1ccc(OC(=O)/C=C/c2ccc(Cl)cc2)cc1)c1ccccc1. The molecule has 0 aliphatic carbocycles. The van der Waals surface area contributed by atoms with Gasteiger partial charge in [0.2, 0.25) is 0 Å². The molecule has 3 aromatic carbocycles. The number of carbonyl (C=O) groups is 1. The number of benzene rings is 3. The van der Waals surface area contributed by atoms with Crippen molar-refractivity contribution >= 4 is 35.3 Å². The Morgan fingerprint density at radius 2 is 1.54 bits per heavy atom. The average Bonchev–Trinajstić information content (AvgIpc) is 2.73. The van der Waals surface area contributed by atoms with Crippen molar-refractivity contribution in [1.29, 1.82) is 5.26 Å². The van der Waals surface area contributed by atoms with Crippen LogP contribution in [0.25, 0.3) is 17.7 Å². The quantitative estimate of drug-likeness (QED) is 0.177. The maximum Gasteiger partial charge on any atom is 0.336 e. The molecule has 0 heterocycles. The van der Waals surface area contributed by atoms with Gasteiger partial charge in [0.15, 0.2) is 0 Å². The first-order valence-corrected chi connectivity index (χ1v) is 8.94. The predicted molar refractivity (Wildman–Crippen MR) is 112 cm³/mol. The van der Waals surface area contributed by atoms with E-state index in [1.165, 1.54) is 6.08 Å². The first kappa shape index (κ1) is 19.2. The Morgan fingerprint density at radius 1 is 0.893 bits per heavy atom. The van der Waals surface area contributed by atoms with Crippen LogP contribution in [0, 0.1) is 11.3 Å². The number of ether oxygens (including phenoxy) is 1. The number of allylic oxidation sites excluding steroid dienone is 1. The first-order valence-electron chi connectivity index (χ1n) is 8.57. The van der Waals surface area contributed by atoms with Crippen LogP contribution >= 0.6 is 11.6 Å². The minimum atomic E-state index is -0.472. The second-order valence-electron chi connectivity index (χ2n) is 5.91. The lowest BCUT2D eigenvalue weighted by Gasteiger charge is -2.03. The normalized spacial score (nSPS) is 11.2. The van der Waals surface area contributed by atoms with Crippen molar-refractivity contribution in [1.82, 2.24) is 0 Å². The van der Waals surface area contributed by atoms with E-state index in [1.54, 1.807) is 48.6 Å². The molecule has 0 radical (unpaired) electrons. The Balaban J connectivity index is 1.65. The highest BCUT2D eigenvalue weighted by Crippen LogP contribution is 2.20. The van der Waals surface area contributed by atoms with Crippen LogP contribution in [0.2, 0.25) is 5.02 Å². The van der Waals surface area contributed by atoms with Crippen molar-refractivity contribution in [2.75, 3.05) is 0 Å². The van der Waals surface area contributed by atoms with Gasteiger partial charge in [0, 0.05) is 11.1 Å². The molecule has 0 unspecified atom stereocenters. The average molecular weight is 386 g/mol. The summed E-state index contributed by atoms with van der Waals surface area (Å²) < 4.78 is 5.29. The molecule has 0 saturated carbocycles. The van der Waals surface area contributed by atoms with E-state index in [1.807, 2.05) is 42.5 Å². The van der Waals surface area contributed by atoms with Crippen molar-refractivity contribution in [3.8, 4) is 11.8 Å². The van der Waals surface area contributed by atoms with Crippen LogP contribution in [0.4, 0.5) is 0 Å². The van der Waals surface area contributed by atoms with E-state index in [-0.39, 0.29) is 0 Å². The Bertz CT molecular complexity index is 1040. The molecular weight excluding hydrogens is 370 g/mol. The summed E-state index contributed by atoms with van der Waals surface area (Å²) in [6.45, 7) is 0. The zero-order valence-corrected chi connectivity index (χ0v) is 15.6. The fraction of sp³-hybridized carbons (Fsp3) is 0. The van der Waals surface area contributed by atoms with E-state index in [4.69, 9.17) is 16.3 Å². The number of halogens is 1. The Labute approximate surface area is 168 Å². The standard InChI is InChI=1S/C24H16ClNO2/c25-22-11-6-18(7-12-22)10-15-24(27)28-23-13-8-19(9-14-23)16-21(17-26)20-4-2-1-3-5-20/h1-16H/b15-10+,21-16-. The number of hydrogen-bond acceptors (Lipinski definition) is 3. The van der Waals surface area contributed by atoms with Gasteiger partial charge in [0.05, 0.1) is 11.6 Å². The summed E-state index contributed by atoms with van der Waals surface area (Å²) >= 11 is 5.83. The van der Waals surface area contributed by atoms with Crippen LogP contribution in [-0.4, -0.2) is 5.97 Å². The minimum Gasteiger partial charge on any atom is -0.423 e. The van der Waals surface area contributed by atoms with Gasteiger partial charge >= 0.3 is 5.97 Å². The highest BCUT2D eigenvalue weighted by molar-refractivity contribution is 6.30. The molecule has 4 heteroatoms. The summed E-state index contributed by atoms with van der Waals surface area (Å²) in [6.07, 6.45) is 4.82. The monoisotopic (exact) mass is 385 g/mol. The number of carbonyl (C=O) groups excluding carboxylic acids is 1. The van der Waals surface area contributed by atoms with Gasteiger partial charge in [-0.1, -0.05) is 66.2 Å². The third-order valence-electron chi connectivity index (χ3n) is 3.90. The third-order valence-corrected chi connectivity index (χ3v) is 4.15. The number of hydrogen-bond donors (Lipinski definition) is 0. The largest absolute Gasteiger partial charge is 0.423 e. The number of nitriles is 1. The fourth-order valence-corrected chi connectivity index (χ4v) is 2.61. The van der Waals surface area contributed by atoms with E-state index >= 15 is 0 Å². The molecule has 3 aromatic rings. The van der Waals surface area contributed by atoms with Gasteiger partial charge in [0.1, 0.15) is 5.75 Å². The van der Waals surface area contributed by atoms with Gasteiger partial charge in [-0.05, 0) is 53.1 Å². The molecule has 28 heavy (non-hydrogen) atoms. The summed E-state index contributed by atoms with van der Waals surface area (Å²) in [7, 11) is 0. The van der Waals surface area contributed by atoms with Gasteiger partial charge in [-0.25, -0.2) is 4.79 Å². The summed E-state index contributed by atoms with van der Waals surface area (Å²) in [5.41, 5.74) is 3.12. The fourth-order valence-electron chi connectivity index (χ4n) is 2.48. The Kier molecular flexibility index (Phi) is 6.41. The molecule has 0 spiro atoms. The van der Waals surface area contributed by atoms with E-state index < -0.39 is 5.97 Å². The van der Waals surface area contributed by atoms with Crippen molar-refractivity contribution in [2.24, 2.45) is 0 Å². The minimum absolute atomic E-state index is 0.432. The lowest BCUT2D eigenvalue weighted by Crippen LogP contribution is -2.03. The van der Waals surface area contributed by atoms with Crippen molar-refractivity contribution in [3.05, 3.63) is 107 Å². The lowest BCUT2D eigenvalue weighted by molar-refractivity contribution is -0.128. The van der Waals surface area contributed by atoms with Crippen LogP contribution < -0.4 is 4.74 Å². The zero-order chi connectivity index (χ0) is 19.8. The maximum absolute atomic E-state index is 12.0. The number of esters is 1. The summed E-state index contributed by atoms with van der Waals surface area (Å²) in [6, 6.07) is 25.8.